The topological polar surface area (TPSA) is 45.5 Å². The van der Waals surface area contributed by atoms with Crippen LogP contribution in [0.25, 0.3) is 0 Å². The van der Waals surface area contributed by atoms with Gasteiger partial charge in [0.25, 0.3) is 0 Å². The average molecular weight is 282 g/mol. The molecule has 2 aliphatic rings. The summed E-state index contributed by atoms with van der Waals surface area (Å²) in [5.41, 5.74) is 3.05. The van der Waals surface area contributed by atoms with E-state index in [1.54, 1.807) is 12.5 Å². The number of nitrogens with one attached hydrogen (secondary N) is 1. The Balaban J connectivity index is 1.53. The second-order valence-electron chi connectivity index (χ2n) is 5.99. The first-order valence-electron chi connectivity index (χ1n) is 7.42. The van der Waals surface area contributed by atoms with E-state index in [1.807, 2.05) is 24.3 Å². The normalized spacial score (nSPS) is 20.5. The van der Waals surface area contributed by atoms with E-state index in [-0.39, 0.29) is 11.3 Å². The van der Waals surface area contributed by atoms with Gasteiger partial charge in [0.15, 0.2) is 0 Å². The lowest BCUT2D eigenvalue weighted by Crippen LogP contribution is -2.46. The van der Waals surface area contributed by atoms with Crippen LogP contribution < -0.4 is 5.32 Å². The fourth-order valence-corrected chi connectivity index (χ4v) is 3.60. The van der Waals surface area contributed by atoms with Crippen LogP contribution in [0.15, 0.2) is 47.3 Å². The molecule has 1 spiro atoms. The van der Waals surface area contributed by atoms with Crippen molar-refractivity contribution in [3.8, 4) is 0 Å². The van der Waals surface area contributed by atoms with E-state index < -0.39 is 0 Å². The Hall–Kier alpha value is -2.07. The summed E-state index contributed by atoms with van der Waals surface area (Å²) in [6.07, 6.45) is 5.27. The molecule has 108 valence electrons. The van der Waals surface area contributed by atoms with Crippen LogP contribution >= 0.6 is 0 Å². The highest BCUT2D eigenvalue weighted by Gasteiger charge is 2.48. The number of anilines is 1. The zero-order valence-corrected chi connectivity index (χ0v) is 11.8. The van der Waals surface area contributed by atoms with Crippen molar-refractivity contribution in [3.05, 3.63) is 54.0 Å². The third-order valence-corrected chi connectivity index (χ3v) is 4.82. The van der Waals surface area contributed by atoms with Crippen LogP contribution in [0.4, 0.5) is 5.69 Å². The highest BCUT2D eigenvalue weighted by molar-refractivity contribution is 6.06. The minimum Gasteiger partial charge on any atom is -0.472 e. The Morgan fingerprint density at radius 1 is 1.19 bits per heavy atom. The van der Waals surface area contributed by atoms with Gasteiger partial charge in [-0.1, -0.05) is 18.2 Å². The van der Waals surface area contributed by atoms with Gasteiger partial charge in [-0.05, 0) is 43.6 Å². The van der Waals surface area contributed by atoms with Crippen molar-refractivity contribution in [2.75, 3.05) is 18.4 Å². The molecular weight excluding hydrogens is 264 g/mol. The number of likely N-dealkylation sites (tertiary alicyclic amines) is 1. The average Bonchev–Trinajstić information content (AvgIpc) is 3.10. The summed E-state index contributed by atoms with van der Waals surface area (Å²) in [6, 6.07) is 10.1. The van der Waals surface area contributed by atoms with Crippen molar-refractivity contribution in [2.24, 2.45) is 0 Å². The Kier molecular flexibility index (Phi) is 2.86. The fraction of sp³-hybridized carbons (Fsp3) is 0.353. The van der Waals surface area contributed by atoms with E-state index in [2.05, 4.69) is 16.3 Å². The van der Waals surface area contributed by atoms with E-state index >= 15 is 0 Å². The van der Waals surface area contributed by atoms with Crippen LogP contribution in [0.3, 0.4) is 0 Å². The van der Waals surface area contributed by atoms with Crippen LogP contribution in [0.2, 0.25) is 0 Å². The summed E-state index contributed by atoms with van der Waals surface area (Å²) in [5.74, 6) is 0.173. The molecule has 0 radical (unpaired) electrons. The first-order valence-corrected chi connectivity index (χ1v) is 7.42. The van der Waals surface area contributed by atoms with E-state index in [4.69, 9.17) is 4.42 Å². The first-order chi connectivity index (χ1) is 10.3. The van der Waals surface area contributed by atoms with Crippen molar-refractivity contribution in [2.45, 2.75) is 24.8 Å². The van der Waals surface area contributed by atoms with Crippen LogP contribution in [-0.2, 0) is 16.8 Å². The molecule has 0 unspecified atom stereocenters. The molecule has 1 aromatic heterocycles. The lowest BCUT2D eigenvalue weighted by atomic mass is 9.73. The zero-order valence-electron chi connectivity index (χ0n) is 11.8. The molecular formula is C17H18N2O2. The Morgan fingerprint density at radius 2 is 2.00 bits per heavy atom. The summed E-state index contributed by atoms with van der Waals surface area (Å²) < 4.78 is 5.12. The Bertz CT molecular complexity index is 655. The molecule has 4 nitrogen and oxygen atoms in total. The highest BCUT2D eigenvalue weighted by atomic mass is 16.3. The van der Waals surface area contributed by atoms with Gasteiger partial charge in [0.1, 0.15) is 0 Å². The largest absolute Gasteiger partial charge is 0.472 e. The molecule has 4 rings (SSSR count). The van der Waals surface area contributed by atoms with Crippen molar-refractivity contribution < 1.29 is 9.21 Å². The molecule has 4 heteroatoms. The van der Waals surface area contributed by atoms with Crippen molar-refractivity contribution in [1.29, 1.82) is 0 Å². The predicted molar refractivity (Wildman–Crippen MR) is 80.0 cm³/mol. The van der Waals surface area contributed by atoms with Crippen LogP contribution in [0, 0.1) is 0 Å². The molecule has 1 amide bonds. The predicted octanol–water partition coefficient (Wildman–Crippen LogP) is 2.77. The molecule has 1 aromatic carbocycles. The lowest BCUT2D eigenvalue weighted by Gasteiger charge is -2.37. The van der Waals surface area contributed by atoms with Crippen LogP contribution in [0.5, 0.6) is 0 Å². The number of carbonyl (C=O) groups excluding carboxylic acids is 1. The van der Waals surface area contributed by atoms with Crippen LogP contribution in [-0.4, -0.2) is 23.9 Å². The minimum absolute atomic E-state index is 0.173. The fourth-order valence-electron chi connectivity index (χ4n) is 3.60. The van der Waals surface area contributed by atoms with Gasteiger partial charge in [-0.3, -0.25) is 9.69 Å². The third-order valence-electron chi connectivity index (χ3n) is 4.82. The molecule has 3 heterocycles. The second kappa shape index (κ2) is 4.74. The van der Waals surface area contributed by atoms with Gasteiger partial charge in [-0.15, -0.1) is 0 Å². The number of nitrogens with zero attached hydrogens (tertiary/aromatic N) is 1. The number of fused-ring (bicyclic) bond motifs is 2. The van der Waals surface area contributed by atoms with E-state index in [0.717, 1.165) is 38.2 Å². The van der Waals surface area contributed by atoms with Crippen LogP contribution in [0.1, 0.15) is 24.0 Å². The molecule has 2 aromatic rings. The number of hydrogen-bond acceptors (Lipinski definition) is 3. The molecule has 1 fully saturated rings. The molecule has 0 bridgehead atoms. The Morgan fingerprint density at radius 3 is 2.76 bits per heavy atom. The maximum absolute atomic E-state index is 12.5. The smallest absolute Gasteiger partial charge is 0.235 e. The molecule has 1 N–H and O–H groups in total. The second-order valence-corrected chi connectivity index (χ2v) is 5.99. The maximum Gasteiger partial charge on any atom is 0.235 e. The molecule has 1 saturated heterocycles. The summed E-state index contributed by atoms with van der Waals surface area (Å²) in [6.45, 7) is 2.77. The zero-order chi connectivity index (χ0) is 14.3. The number of rotatable bonds is 2. The van der Waals surface area contributed by atoms with Crippen molar-refractivity contribution in [3.63, 3.8) is 0 Å². The quantitative estimate of drug-likeness (QED) is 0.921. The standard InChI is InChI=1S/C17H18N2O2/c20-16-17(14-3-1-2-4-15(14)18-16)6-8-19(9-7-17)11-13-5-10-21-12-13/h1-5,10,12H,6-9,11H2,(H,18,20). The molecule has 2 aliphatic heterocycles. The molecule has 0 aliphatic carbocycles. The monoisotopic (exact) mass is 282 g/mol. The third kappa shape index (κ3) is 1.98. The van der Waals surface area contributed by atoms with E-state index in [0.29, 0.717) is 0 Å². The van der Waals surface area contributed by atoms with Gasteiger partial charge in [-0.25, -0.2) is 0 Å². The van der Waals surface area contributed by atoms with Gasteiger partial charge < -0.3 is 9.73 Å². The van der Waals surface area contributed by atoms with Gasteiger partial charge >= 0.3 is 0 Å². The number of piperidine rings is 1. The summed E-state index contributed by atoms with van der Waals surface area (Å²) in [5, 5.41) is 3.05. The summed E-state index contributed by atoms with van der Waals surface area (Å²) in [4.78, 5) is 14.9. The molecule has 0 saturated carbocycles. The van der Waals surface area contributed by atoms with Gasteiger partial charge in [0.05, 0.1) is 17.9 Å². The number of benzene rings is 1. The highest BCUT2D eigenvalue weighted by Crippen LogP contribution is 2.44. The number of amides is 1. The van der Waals surface area contributed by atoms with Gasteiger partial charge in [0, 0.05) is 17.8 Å². The SMILES string of the molecule is O=C1Nc2ccccc2C12CCN(Cc1ccoc1)CC2. The number of hydrogen-bond donors (Lipinski definition) is 1. The van der Waals surface area contributed by atoms with Gasteiger partial charge in [0.2, 0.25) is 5.91 Å². The number of carbonyl (C=O) groups is 1. The Labute approximate surface area is 123 Å². The first kappa shape index (κ1) is 12.7. The molecule has 21 heavy (non-hydrogen) atoms. The van der Waals surface area contributed by atoms with Gasteiger partial charge in [-0.2, -0.15) is 0 Å². The van der Waals surface area contributed by atoms with Crippen molar-refractivity contribution >= 4 is 11.6 Å². The lowest BCUT2D eigenvalue weighted by molar-refractivity contribution is -0.122. The summed E-state index contributed by atoms with van der Waals surface area (Å²) >= 11 is 0. The molecule has 0 atom stereocenters. The minimum atomic E-state index is -0.316. The number of furan rings is 1. The number of para-hydroxylation sites is 1. The van der Waals surface area contributed by atoms with Crippen molar-refractivity contribution in [1.82, 2.24) is 4.90 Å². The maximum atomic E-state index is 12.5. The van der Waals surface area contributed by atoms with E-state index in [1.165, 1.54) is 11.1 Å². The van der Waals surface area contributed by atoms with E-state index in [9.17, 15) is 4.79 Å². The summed E-state index contributed by atoms with van der Waals surface area (Å²) in [7, 11) is 0.